The Balaban J connectivity index is 2.28. The predicted octanol–water partition coefficient (Wildman–Crippen LogP) is 0.720. The van der Waals surface area contributed by atoms with Crippen LogP contribution >= 0.6 is 0 Å². The fraction of sp³-hybridized carbons (Fsp3) is 0.400. The van der Waals surface area contributed by atoms with E-state index in [1.165, 1.54) is 0 Å². The Hall–Kier alpha value is -0.760. The van der Waals surface area contributed by atoms with Crippen molar-refractivity contribution in [1.29, 1.82) is 0 Å². The highest BCUT2D eigenvalue weighted by Crippen LogP contribution is 2.31. The highest BCUT2D eigenvalue weighted by molar-refractivity contribution is 7.91. The fourth-order valence-corrected chi connectivity index (χ4v) is 4.42. The second-order valence-electron chi connectivity index (χ2n) is 3.95. The minimum Gasteiger partial charge on any atom is -0.284 e. The lowest BCUT2D eigenvalue weighted by atomic mass is 9.97. The first-order valence-corrected chi connectivity index (χ1v) is 7.86. The normalized spacial score (nSPS) is 29.0. The van der Waals surface area contributed by atoms with Gasteiger partial charge in [-0.25, -0.2) is 8.42 Å². The highest BCUT2D eigenvalue weighted by atomic mass is 32.2. The summed E-state index contributed by atoms with van der Waals surface area (Å²) in [6, 6.07) is 9.01. The van der Waals surface area contributed by atoms with Crippen LogP contribution < -0.4 is 0 Å². The standard InChI is InChI=1S/C10H12O5S2/c11-16(12)15-10-7-17(13,14)6-9(10)8-4-2-1-3-5-8/h1-5,9-10H,6-7H2,(H,11,12)/t9-,10+/m0/s1. The van der Waals surface area contributed by atoms with Gasteiger partial charge in [-0.05, 0) is 5.56 Å². The molecule has 1 fully saturated rings. The van der Waals surface area contributed by atoms with Crippen LogP contribution in [-0.4, -0.2) is 34.8 Å². The van der Waals surface area contributed by atoms with Gasteiger partial charge in [0.05, 0.1) is 17.6 Å². The minimum absolute atomic E-state index is 0.0428. The second kappa shape index (κ2) is 4.85. The van der Waals surface area contributed by atoms with Gasteiger partial charge in [0.15, 0.2) is 9.84 Å². The van der Waals surface area contributed by atoms with Gasteiger partial charge in [-0.3, -0.25) is 8.74 Å². The predicted molar refractivity (Wildman–Crippen MR) is 63.5 cm³/mol. The second-order valence-corrected chi connectivity index (χ2v) is 6.73. The first-order chi connectivity index (χ1) is 7.98. The van der Waals surface area contributed by atoms with Gasteiger partial charge in [0.25, 0.3) is 0 Å². The summed E-state index contributed by atoms with van der Waals surface area (Å²) in [5, 5.41) is 0. The van der Waals surface area contributed by atoms with Crippen LogP contribution in [0.3, 0.4) is 0 Å². The SMILES string of the molecule is O=S(O)O[C@@H]1CS(=O)(=O)C[C@H]1c1ccccc1. The summed E-state index contributed by atoms with van der Waals surface area (Å²) in [4.78, 5) is 0. The molecule has 1 unspecified atom stereocenters. The number of rotatable bonds is 3. The van der Waals surface area contributed by atoms with Crippen LogP contribution in [0, 0.1) is 0 Å². The van der Waals surface area contributed by atoms with E-state index >= 15 is 0 Å². The molecule has 1 aromatic carbocycles. The lowest BCUT2D eigenvalue weighted by Crippen LogP contribution is -2.21. The first kappa shape index (κ1) is 12.7. The molecule has 1 saturated heterocycles. The van der Waals surface area contributed by atoms with Crippen LogP contribution in [0.4, 0.5) is 0 Å². The summed E-state index contributed by atoms with van der Waals surface area (Å²) in [7, 11) is -3.21. The first-order valence-electron chi connectivity index (χ1n) is 5.01. The summed E-state index contributed by atoms with van der Waals surface area (Å²) in [5.74, 6) is -0.630. The lowest BCUT2D eigenvalue weighted by molar-refractivity contribution is 0.210. The Morgan fingerprint density at radius 1 is 1.24 bits per heavy atom. The maximum absolute atomic E-state index is 11.5. The Morgan fingerprint density at radius 3 is 2.47 bits per heavy atom. The molecular weight excluding hydrogens is 264 g/mol. The van der Waals surface area contributed by atoms with Crippen molar-refractivity contribution in [2.24, 2.45) is 0 Å². The molecular formula is C10H12O5S2. The minimum atomic E-state index is -3.21. The summed E-state index contributed by atoms with van der Waals surface area (Å²) in [5.41, 5.74) is 0.809. The monoisotopic (exact) mass is 276 g/mol. The molecule has 0 bridgehead atoms. The third-order valence-corrected chi connectivity index (χ3v) is 4.85. The molecule has 5 nitrogen and oxygen atoms in total. The Morgan fingerprint density at radius 2 is 1.88 bits per heavy atom. The van der Waals surface area contributed by atoms with Gasteiger partial charge in [-0.15, -0.1) is 0 Å². The summed E-state index contributed by atoms with van der Waals surface area (Å²) in [6.45, 7) is 0. The molecule has 0 amide bonds. The van der Waals surface area contributed by atoms with Crippen LogP contribution in [0.2, 0.25) is 0 Å². The van der Waals surface area contributed by atoms with Crippen molar-refractivity contribution in [1.82, 2.24) is 0 Å². The molecule has 1 aromatic rings. The van der Waals surface area contributed by atoms with Gasteiger partial charge < -0.3 is 0 Å². The van der Waals surface area contributed by atoms with Crippen LogP contribution in [0.25, 0.3) is 0 Å². The van der Waals surface area contributed by atoms with E-state index in [0.717, 1.165) is 5.56 Å². The molecule has 1 aliphatic rings. The molecule has 0 spiro atoms. The third kappa shape index (κ3) is 3.12. The molecule has 7 heteroatoms. The smallest absolute Gasteiger partial charge is 0.284 e. The summed E-state index contributed by atoms with van der Waals surface area (Å²) >= 11 is -2.45. The molecule has 1 heterocycles. The molecule has 0 saturated carbocycles. The zero-order chi connectivity index (χ0) is 12.5. The zero-order valence-electron chi connectivity index (χ0n) is 8.85. The van der Waals surface area contributed by atoms with Crippen molar-refractivity contribution >= 4 is 21.2 Å². The Bertz CT molecular complexity index is 511. The number of sulfone groups is 1. The van der Waals surface area contributed by atoms with Crippen LogP contribution in [0.15, 0.2) is 30.3 Å². The summed E-state index contributed by atoms with van der Waals surface area (Å²) in [6.07, 6.45) is -0.756. The molecule has 0 aliphatic carbocycles. The quantitative estimate of drug-likeness (QED) is 0.823. The Kier molecular flexibility index (Phi) is 3.62. The lowest BCUT2D eigenvalue weighted by Gasteiger charge is -2.16. The Labute approximate surface area is 102 Å². The van der Waals surface area contributed by atoms with Gasteiger partial charge >= 0.3 is 11.4 Å². The average Bonchev–Trinajstić information content (AvgIpc) is 2.54. The number of benzene rings is 1. The van der Waals surface area contributed by atoms with E-state index < -0.39 is 27.3 Å². The van der Waals surface area contributed by atoms with Gasteiger partial charge in [-0.2, -0.15) is 4.21 Å². The number of hydrogen-bond acceptors (Lipinski definition) is 4. The molecule has 0 radical (unpaired) electrons. The maximum Gasteiger partial charge on any atom is 0.302 e. The summed E-state index contributed by atoms with van der Waals surface area (Å²) < 4.78 is 47.2. The molecule has 0 aromatic heterocycles. The molecule has 1 N–H and O–H groups in total. The fourth-order valence-electron chi connectivity index (χ4n) is 2.03. The van der Waals surface area contributed by atoms with Crippen LogP contribution in [0.5, 0.6) is 0 Å². The van der Waals surface area contributed by atoms with Gasteiger partial charge in [0.2, 0.25) is 0 Å². The topological polar surface area (TPSA) is 80.7 Å². The molecule has 94 valence electrons. The van der Waals surface area contributed by atoms with E-state index in [-0.39, 0.29) is 17.4 Å². The molecule has 3 atom stereocenters. The van der Waals surface area contributed by atoms with E-state index in [9.17, 15) is 12.6 Å². The van der Waals surface area contributed by atoms with Crippen molar-refractivity contribution in [2.75, 3.05) is 11.5 Å². The van der Waals surface area contributed by atoms with E-state index in [2.05, 4.69) is 0 Å². The van der Waals surface area contributed by atoms with E-state index in [1.807, 2.05) is 6.07 Å². The largest absolute Gasteiger partial charge is 0.302 e. The van der Waals surface area contributed by atoms with Crippen LogP contribution in [-0.2, 0) is 25.4 Å². The van der Waals surface area contributed by atoms with E-state index in [4.69, 9.17) is 8.74 Å². The zero-order valence-corrected chi connectivity index (χ0v) is 10.5. The van der Waals surface area contributed by atoms with Gasteiger partial charge in [0.1, 0.15) is 0 Å². The average molecular weight is 276 g/mol. The number of hydrogen-bond donors (Lipinski definition) is 1. The van der Waals surface area contributed by atoms with Crippen molar-refractivity contribution in [3.05, 3.63) is 35.9 Å². The van der Waals surface area contributed by atoms with Crippen LogP contribution in [0.1, 0.15) is 11.5 Å². The van der Waals surface area contributed by atoms with Crippen molar-refractivity contribution < 1.29 is 21.4 Å². The van der Waals surface area contributed by atoms with Gasteiger partial charge in [0, 0.05) is 5.92 Å². The van der Waals surface area contributed by atoms with Crippen molar-refractivity contribution in [3.8, 4) is 0 Å². The van der Waals surface area contributed by atoms with E-state index in [0.29, 0.717) is 0 Å². The third-order valence-electron chi connectivity index (χ3n) is 2.73. The van der Waals surface area contributed by atoms with Crippen molar-refractivity contribution in [2.45, 2.75) is 12.0 Å². The molecule has 1 aliphatic heterocycles. The van der Waals surface area contributed by atoms with E-state index in [1.54, 1.807) is 24.3 Å². The van der Waals surface area contributed by atoms with Gasteiger partial charge in [-0.1, -0.05) is 30.3 Å². The molecule has 17 heavy (non-hydrogen) atoms. The molecule has 2 rings (SSSR count). The maximum atomic E-state index is 11.5. The highest BCUT2D eigenvalue weighted by Gasteiger charge is 2.40. The van der Waals surface area contributed by atoms with Crippen molar-refractivity contribution in [3.63, 3.8) is 0 Å².